The summed E-state index contributed by atoms with van der Waals surface area (Å²) in [7, 11) is 0. The fourth-order valence-electron chi connectivity index (χ4n) is 1.04. The van der Waals surface area contributed by atoms with Crippen molar-refractivity contribution in [1.29, 1.82) is 0 Å². The second kappa shape index (κ2) is 4.32. The van der Waals surface area contributed by atoms with Gasteiger partial charge in [0.25, 0.3) is 0 Å². The first-order valence-electron chi connectivity index (χ1n) is 3.68. The van der Waals surface area contributed by atoms with Crippen molar-refractivity contribution in [3.8, 4) is 12.3 Å². The Morgan fingerprint density at radius 1 is 1.70 bits per heavy atom. The molecule has 0 amide bonds. The van der Waals surface area contributed by atoms with Crippen LogP contribution in [-0.4, -0.2) is 25.8 Å². The lowest BCUT2D eigenvalue weighted by Crippen LogP contribution is -2.29. The Balaban J connectivity index is 1.97. The van der Waals surface area contributed by atoms with Gasteiger partial charge in [-0.05, 0) is 6.42 Å². The van der Waals surface area contributed by atoms with Gasteiger partial charge in [0.05, 0.1) is 6.61 Å². The molecule has 0 aromatic heterocycles. The molecule has 0 spiro atoms. The van der Waals surface area contributed by atoms with E-state index in [1.54, 1.807) is 0 Å². The smallest absolute Gasteiger partial charge is 0.0620 e. The van der Waals surface area contributed by atoms with Crippen LogP contribution < -0.4 is 5.32 Å². The summed E-state index contributed by atoms with van der Waals surface area (Å²) in [4.78, 5) is 0. The molecule has 0 aromatic carbocycles. The van der Waals surface area contributed by atoms with Crippen LogP contribution in [-0.2, 0) is 4.74 Å². The minimum absolute atomic E-state index is 0.549. The number of rotatable bonds is 3. The van der Waals surface area contributed by atoms with Crippen LogP contribution >= 0.6 is 0 Å². The van der Waals surface area contributed by atoms with Crippen LogP contribution in [0.5, 0.6) is 0 Å². The summed E-state index contributed by atoms with van der Waals surface area (Å²) in [5, 5.41) is 3.32. The zero-order valence-electron chi connectivity index (χ0n) is 6.10. The fourth-order valence-corrected chi connectivity index (χ4v) is 1.04. The lowest BCUT2D eigenvalue weighted by atomic mass is 10.2. The maximum Gasteiger partial charge on any atom is 0.0620 e. The van der Waals surface area contributed by atoms with Gasteiger partial charge in [-0.3, -0.25) is 0 Å². The molecule has 0 saturated carbocycles. The molecule has 1 rings (SSSR count). The first-order chi connectivity index (χ1) is 4.93. The van der Waals surface area contributed by atoms with E-state index in [-0.39, 0.29) is 0 Å². The van der Waals surface area contributed by atoms with Crippen molar-refractivity contribution in [2.75, 3.05) is 19.8 Å². The second-order valence-corrected chi connectivity index (χ2v) is 2.47. The van der Waals surface area contributed by atoms with Crippen LogP contribution in [0.25, 0.3) is 0 Å². The molecule has 2 heteroatoms. The van der Waals surface area contributed by atoms with Gasteiger partial charge in [0.2, 0.25) is 0 Å². The van der Waals surface area contributed by atoms with Gasteiger partial charge in [-0.1, -0.05) is 0 Å². The average Bonchev–Trinajstić information content (AvgIpc) is 2.41. The number of nitrogens with one attached hydrogen (secondary N) is 1. The van der Waals surface area contributed by atoms with E-state index in [4.69, 9.17) is 11.2 Å². The second-order valence-electron chi connectivity index (χ2n) is 2.47. The van der Waals surface area contributed by atoms with Gasteiger partial charge in [0.15, 0.2) is 0 Å². The van der Waals surface area contributed by atoms with E-state index >= 15 is 0 Å². The average molecular weight is 139 g/mol. The highest BCUT2D eigenvalue weighted by Gasteiger charge is 2.13. The largest absolute Gasteiger partial charge is 0.380 e. The van der Waals surface area contributed by atoms with Crippen molar-refractivity contribution in [1.82, 2.24) is 5.32 Å². The third-order valence-corrected chi connectivity index (χ3v) is 1.63. The summed E-state index contributed by atoms with van der Waals surface area (Å²) in [6.07, 6.45) is 7.04. The maximum atomic E-state index is 5.17. The molecule has 0 radical (unpaired) electrons. The molecular weight excluding hydrogens is 126 g/mol. The fraction of sp³-hybridized carbons (Fsp3) is 0.750. The summed E-state index contributed by atoms with van der Waals surface area (Å²) >= 11 is 0. The zero-order valence-corrected chi connectivity index (χ0v) is 6.10. The third-order valence-electron chi connectivity index (χ3n) is 1.63. The van der Waals surface area contributed by atoms with E-state index in [0.29, 0.717) is 6.04 Å². The Bertz CT molecular complexity index is 122. The van der Waals surface area contributed by atoms with E-state index in [1.165, 1.54) is 0 Å². The Kier molecular flexibility index (Phi) is 3.28. The van der Waals surface area contributed by atoms with Crippen molar-refractivity contribution < 1.29 is 4.74 Å². The van der Waals surface area contributed by atoms with Gasteiger partial charge >= 0.3 is 0 Å². The predicted molar refractivity (Wildman–Crippen MR) is 40.7 cm³/mol. The number of hydrogen-bond acceptors (Lipinski definition) is 2. The van der Waals surface area contributed by atoms with E-state index in [0.717, 1.165) is 32.6 Å². The van der Waals surface area contributed by atoms with Gasteiger partial charge in [-0.2, -0.15) is 0 Å². The van der Waals surface area contributed by atoms with E-state index < -0.39 is 0 Å². The Morgan fingerprint density at radius 2 is 2.60 bits per heavy atom. The highest BCUT2D eigenvalue weighted by atomic mass is 16.5. The summed E-state index contributed by atoms with van der Waals surface area (Å²) in [5.74, 6) is 2.59. The maximum absolute atomic E-state index is 5.17. The summed E-state index contributed by atoms with van der Waals surface area (Å²) in [5.41, 5.74) is 0. The number of ether oxygens (including phenoxy) is 1. The topological polar surface area (TPSA) is 21.3 Å². The van der Waals surface area contributed by atoms with Crippen LogP contribution in [0.2, 0.25) is 0 Å². The van der Waals surface area contributed by atoms with Crippen LogP contribution in [0.3, 0.4) is 0 Å². The molecule has 56 valence electrons. The predicted octanol–water partition coefficient (Wildman–Crippen LogP) is 0.388. The van der Waals surface area contributed by atoms with Crippen molar-refractivity contribution in [3.63, 3.8) is 0 Å². The first kappa shape index (κ1) is 7.59. The molecule has 1 fully saturated rings. The van der Waals surface area contributed by atoms with Gasteiger partial charge in [-0.15, -0.1) is 12.3 Å². The van der Waals surface area contributed by atoms with Crippen LogP contribution in [0.15, 0.2) is 0 Å². The van der Waals surface area contributed by atoms with Crippen molar-refractivity contribution in [2.45, 2.75) is 18.9 Å². The van der Waals surface area contributed by atoms with E-state index in [2.05, 4.69) is 11.2 Å². The quantitative estimate of drug-likeness (QED) is 0.451. The Morgan fingerprint density at radius 3 is 3.20 bits per heavy atom. The third kappa shape index (κ3) is 2.38. The normalized spacial score (nSPS) is 24.5. The van der Waals surface area contributed by atoms with Gasteiger partial charge in [-0.25, -0.2) is 0 Å². The Labute approximate surface area is 62.0 Å². The lowest BCUT2D eigenvalue weighted by molar-refractivity contribution is 0.190. The molecule has 1 aliphatic rings. The molecule has 0 bridgehead atoms. The van der Waals surface area contributed by atoms with Crippen molar-refractivity contribution in [2.24, 2.45) is 0 Å². The first-order valence-corrected chi connectivity index (χ1v) is 3.68. The molecule has 1 atom stereocenters. The van der Waals surface area contributed by atoms with Crippen LogP contribution in [0.1, 0.15) is 12.8 Å². The monoisotopic (exact) mass is 139 g/mol. The zero-order chi connectivity index (χ0) is 7.23. The minimum atomic E-state index is 0.549. The molecule has 0 aliphatic carbocycles. The molecule has 0 aromatic rings. The standard InChI is InChI=1S/C8H13NO/c1-2-3-5-9-8-4-6-10-7-8/h1,8-9H,3-7H2. The van der Waals surface area contributed by atoms with Crippen LogP contribution in [0.4, 0.5) is 0 Å². The SMILES string of the molecule is C#CCCNC1CCOC1. The van der Waals surface area contributed by atoms with Gasteiger partial charge in [0.1, 0.15) is 0 Å². The molecule has 1 aliphatic heterocycles. The van der Waals surface area contributed by atoms with Crippen molar-refractivity contribution >= 4 is 0 Å². The number of terminal acetylenes is 1. The Hall–Kier alpha value is -0.520. The molecule has 10 heavy (non-hydrogen) atoms. The highest BCUT2D eigenvalue weighted by molar-refractivity contribution is 4.85. The van der Waals surface area contributed by atoms with E-state index in [1.807, 2.05) is 0 Å². The van der Waals surface area contributed by atoms with Crippen LogP contribution in [0, 0.1) is 12.3 Å². The summed E-state index contributed by atoms with van der Waals surface area (Å²) < 4.78 is 5.17. The molecule has 1 unspecified atom stereocenters. The van der Waals surface area contributed by atoms with Gasteiger partial charge in [0, 0.05) is 25.6 Å². The molecule has 2 nitrogen and oxygen atoms in total. The lowest BCUT2D eigenvalue weighted by Gasteiger charge is -2.07. The van der Waals surface area contributed by atoms with Gasteiger partial charge < -0.3 is 10.1 Å². The molecule has 1 N–H and O–H groups in total. The minimum Gasteiger partial charge on any atom is -0.380 e. The highest BCUT2D eigenvalue weighted by Crippen LogP contribution is 2.02. The summed E-state index contributed by atoms with van der Waals surface area (Å²) in [6, 6.07) is 0.549. The number of hydrogen-bond donors (Lipinski definition) is 1. The molecular formula is C8H13NO. The van der Waals surface area contributed by atoms with Crippen molar-refractivity contribution in [3.05, 3.63) is 0 Å². The van der Waals surface area contributed by atoms with E-state index in [9.17, 15) is 0 Å². The summed E-state index contributed by atoms with van der Waals surface area (Å²) in [6.45, 7) is 2.67. The molecule has 1 saturated heterocycles. The molecule has 1 heterocycles.